The Hall–Kier alpha value is -1.08. The molecule has 0 radical (unpaired) electrons. The van der Waals surface area contributed by atoms with Gasteiger partial charge in [0, 0.05) is 4.88 Å². The molecule has 1 aromatic rings. The average Bonchev–Trinajstić information content (AvgIpc) is 2.61. The van der Waals surface area contributed by atoms with Crippen molar-refractivity contribution in [2.24, 2.45) is 0 Å². The lowest BCUT2D eigenvalue weighted by Crippen LogP contribution is -2.43. The highest BCUT2D eigenvalue weighted by molar-refractivity contribution is 9.11. The fraction of sp³-hybridized carbons (Fsp3) is 0.333. The minimum absolute atomic E-state index is 0.383. The lowest BCUT2D eigenvalue weighted by molar-refractivity contribution is -0.138. The third kappa shape index (κ3) is 4.19. The normalized spacial score (nSPS) is 11.9. The molecule has 1 heterocycles. The van der Waals surface area contributed by atoms with E-state index < -0.39 is 18.0 Å². The van der Waals surface area contributed by atoms with Gasteiger partial charge in [-0.3, -0.25) is 4.79 Å². The minimum Gasteiger partial charge on any atom is -0.480 e. The van der Waals surface area contributed by atoms with Gasteiger partial charge in [-0.1, -0.05) is 0 Å². The van der Waals surface area contributed by atoms with E-state index >= 15 is 0 Å². The second-order valence-corrected chi connectivity index (χ2v) is 5.64. The predicted octanol–water partition coefficient (Wildman–Crippen LogP) is 1.78. The summed E-state index contributed by atoms with van der Waals surface area (Å²) in [6.07, 6.45) is 0. The van der Waals surface area contributed by atoms with E-state index in [2.05, 4.69) is 26.6 Å². The highest BCUT2D eigenvalue weighted by Crippen LogP contribution is 2.21. The van der Waals surface area contributed by atoms with Crippen molar-refractivity contribution in [2.45, 2.75) is 19.5 Å². The van der Waals surface area contributed by atoms with E-state index in [1.54, 1.807) is 0 Å². The summed E-state index contributed by atoms with van der Waals surface area (Å²) in [6.45, 7) is 1.79. The lowest BCUT2D eigenvalue weighted by Gasteiger charge is -2.09. The van der Waals surface area contributed by atoms with Crippen molar-refractivity contribution in [1.82, 2.24) is 10.6 Å². The van der Waals surface area contributed by atoms with Crippen LogP contribution in [0.25, 0.3) is 0 Å². The summed E-state index contributed by atoms with van der Waals surface area (Å²) in [6, 6.07) is 2.39. The van der Waals surface area contributed by atoms with Crippen molar-refractivity contribution in [3.8, 4) is 0 Å². The zero-order valence-electron chi connectivity index (χ0n) is 8.49. The molecule has 2 amide bonds. The van der Waals surface area contributed by atoms with Gasteiger partial charge < -0.3 is 15.7 Å². The molecule has 1 rings (SSSR count). The molecule has 5 nitrogen and oxygen atoms in total. The smallest absolute Gasteiger partial charge is 0.325 e. The quantitative estimate of drug-likeness (QED) is 0.793. The summed E-state index contributed by atoms with van der Waals surface area (Å²) in [5, 5.41) is 13.4. The largest absolute Gasteiger partial charge is 0.480 e. The van der Waals surface area contributed by atoms with Crippen molar-refractivity contribution in [3.05, 3.63) is 20.8 Å². The van der Waals surface area contributed by atoms with Crippen LogP contribution >= 0.6 is 27.3 Å². The van der Waals surface area contributed by atoms with E-state index in [4.69, 9.17) is 5.11 Å². The molecule has 0 aliphatic rings. The number of rotatable bonds is 4. The number of carboxylic acid groups (broad SMARTS) is 1. The molecule has 0 unspecified atom stereocenters. The number of amides is 2. The number of hydrogen-bond acceptors (Lipinski definition) is 3. The highest BCUT2D eigenvalue weighted by atomic mass is 79.9. The number of nitrogens with one attached hydrogen (secondary N) is 2. The first-order chi connectivity index (χ1) is 7.49. The number of carbonyl (C=O) groups excluding carboxylic acids is 1. The molecule has 0 aliphatic heterocycles. The summed E-state index contributed by atoms with van der Waals surface area (Å²) in [5.41, 5.74) is 0. The van der Waals surface area contributed by atoms with Gasteiger partial charge >= 0.3 is 12.0 Å². The molecule has 1 atom stereocenters. The Morgan fingerprint density at radius 2 is 2.25 bits per heavy atom. The Morgan fingerprint density at radius 1 is 1.56 bits per heavy atom. The maximum Gasteiger partial charge on any atom is 0.325 e. The monoisotopic (exact) mass is 306 g/mol. The topological polar surface area (TPSA) is 78.4 Å². The molecule has 88 valence electrons. The van der Waals surface area contributed by atoms with Crippen molar-refractivity contribution in [3.63, 3.8) is 0 Å². The van der Waals surface area contributed by atoms with Gasteiger partial charge in [-0.05, 0) is 35.0 Å². The van der Waals surface area contributed by atoms with Gasteiger partial charge in [0.15, 0.2) is 0 Å². The minimum atomic E-state index is -1.06. The number of halogens is 1. The Morgan fingerprint density at radius 3 is 2.75 bits per heavy atom. The predicted molar refractivity (Wildman–Crippen MR) is 64.5 cm³/mol. The first kappa shape index (κ1) is 13.0. The zero-order valence-corrected chi connectivity index (χ0v) is 10.9. The van der Waals surface area contributed by atoms with Gasteiger partial charge in [0.25, 0.3) is 0 Å². The van der Waals surface area contributed by atoms with E-state index in [1.165, 1.54) is 18.3 Å². The molecule has 0 saturated heterocycles. The fourth-order valence-electron chi connectivity index (χ4n) is 0.924. The number of aliphatic carboxylic acids is 1. The number of carbonyl (C=O) groups is 2. The van der Waals surface area contributed by atoms with Crippen LogP contribution in [0.15, 0.2) is 15.9 Å². The van der Waals surface area contributed by atoms with E-state index in [-0.39, 0.29) is 0 Å². The molecule has 0 aliphatic carbocycles. The second kappa shape index (κ2) is 5.86. The Balaban J connectivity index is 2.33. The third-order valence-corrected chi connectivity index (χ3v) is 3.39. The van der Waals surface area contributed by atoms with E-state index in [0.29, 0.717) is 6.54 Å². The highest BCUT2D eigenvalue weighted by Gasteiger charge is 2.13. The molecular weight excluding hydrogens is 296 g/mol. The molecule has 0 fully saturated rings. The Bertz CT molecular complexity index is 394. The van der Waals surface area contributed by atoms with Gasteiger partial charge in [-0.15, -0.1) is 11.3 Å². The summed E-state index contributed by atoms with van der Waals surface area (Å²) in [4.78, 5) is 22.7. The van der Waals surface area contributed by atoms with Crippen LogP contribution in [-0.2, 0) is 11.3 Å². The van der Waals surface area contributed by atoms with Crippen LogP contribution in [-0.4, -0.2) is 23.1 Å². The Kier molecular flexibility index (Phi) is 4.75. The maximum atomic E-state index is 11.2. The summed E-state index contributed by atoms with van der Waals surface area (Å²) >= 11 is 4.82. The van der Waals surface area contributed by atoms with Crippen LogP contribution in [0, 0.1) is 0 Å². The van der Waals surface area contributed by atoms with Crippen LogP contribution in [0.3, 0.4) is 0 Å². The lowest BCUT2D eigenvalue weighted by atomic mass is 10.3. The van der Waals surface area contributed by atoms with Crippen LogP contribution in [0.2, 0.25) is 0 Å². The van der Waals surface area contributed by atoms with E-state index in [1.807, 2.05) is 12.1 Å². The van der Waals surface area contributed by atoms with Gasteiger partial charge in [-0.2, -0.15) is 0 Å². The van der Waals surface area contributed by atoms with Crippen molar-refractivity contribution in [1.29, 1.82) is 0 Å². The SMILES string of the molecule is C[C@@H](NC(=O)NCc1ccc(Br)s1)C(=O)O. The molecule has 16 heavy (non-hydrogen) atoms. The van der Waals surface area contributed by atoms with E-state index in [9.17, 15) is 9.59 Å². The molecule has 3 N–H and O–H groups in total. The molecule has 0 aromatic carbocycles. The van der Waals surface area contributed by atoms with Gasteiger partial charge in [0.1, 0.15) is 6.04 Å². The van der Waals surface area contributed by atoms with Crippen molar-refractivity contribution >= 4 is 39.3 Å². The molecule has 0 spiro atoms. The molecule has 7 heteroatoms. The van der Waals surface area contributed by atoms with Crippen LogP contribution in [0.1, 0.15) is 11.8 Å². The average molecular weight is 307 g/mol. The summed E-state index contributed by atoms with van der Waals surface area (Å²) in [7, 11) is 0. The Labute approximate surface area is 105 Å². The van der Waals surface area contributed by atoms with Crippen molar-refractivity contribution in [2.75, 3.05) is 0 Å². The molecule has 0 saturated carbocycles. The zero-order chi connectivity index (χ0) is 12.1. The van der Waals surface area contributed by atoms with Crippen LogP contribution < -0.4 is 10.6 Å². The fourth-order valence-corrected chi connectivity index (χ4v) is 2.35. The molecular formula is C9H11BrN2O3S. The van der Waals surface area contributed by atoms with Gasteiger partial charge in [0.05, 0.1) is 10.3 Å². The first-order valence-corrected chi connectivity index (χ1v) is 6.11. The number of carboxylic acids is 1. The molecule has 1 aromatic heterocycles. The molecule has 0 bridgehead atoms. The maximum absolute atomic E-state index is 11.2. The van der Waals surface area contributed by atoms with E-state index in [0.717, 1.165) is 8.66 Å². The number of thiophene rings is 1. The van der Waals surface area contributed by atoms with Gasteiger partial charge in [0.2, 0.25) is 0 Å². The summed E-state index contributed by atoms with van der Waals surface area (Å²) < 4.78 is 0.989. The first-order valence-electron chi connectivity index (χ1n) is 4.50. The third-order valence-electron chi connectivity index (χ3n) is 1.77. The van der Waals surface area contributed by atoms with Crippen LogP contribution in [0.4, 0.5) is 4.79 Å². The summed E-state index contributed by atoms with van der Waals surface area (Å²) in [5.74, 6) is -1.06. The second-order valence-electron chi connectivity index (χ2n) is 3.09. The standard InChI is InChI=1S/C9H11BrN2O3S/c1-5(8(13)14)12-9(15)11-4-6-2-3-7(10)16-6/h2-3,5H,4H2,1H3,(H,13,14)(H2,11,12,15)/t5-/m1/s1. The number of urea groups is 1. The van der Waals surface area contributed by atoms with Crippen LogP contribution in [0.5, 0.6) is 0 Å². The van der Waals surface area contributed by atoms with Gasteiger partial charge in [-0.25, -0.2) is 4.79 Å². The van der Waals surface area contributed by atoms with Crippen molar-refractivity contribution < 1.29 is 14.7 Å². The number of hydrogen-bond donors (Lipinski definition) is 3.